The van der Waals surface area contributed by atoms with E-state index in [1.165, 1.54) is 0 Å². The Morgan fingerprint density at radius 2 is 2.04 bits per heavy atom. The standard InChI is InChI=1S/C21H30N4O3/c1-16-11-23-18(12-22-16)13-25-15-21(7-3-19(25)26)6-2-8-24(14-21)20(27)17-4-9-28-10-5-17/h11-12,17H,2-10,13-15H2,1H3/t21-/m1/s1. The first-order chi connectivity index (χ1) is 13.5. The van der Waals surface area contributed by atoms with Gasteiger partial charge in [-0.05, 0) is 39.0 Å². The largest absolute Gasteiger partial charge is 0.381 e. The molecule has 3 saturated heterocycles. The van der Waals surface area contributed by atoms with E-state index in [1.54, 1.807) is 12.4 Å². The molecule has 4 rings (SSSR count). The van der Waals surface area contributed by atoms with E-state index in [1.807, 2.05) is 11.8 Å². The van der Waals surface area contributed by atoms with Crippen molar-refractivity contribution in [3.8, 4) is 0 Å². The Morgan fingerprint density at radius 1 is 1.21 bits per heavy atom. The number of nitrogens with zero attached hydrogens (tertiary/aromatic N) is 4. The lowest BCUT2D eigenvalue weighted by atomic mass is 9.73. The van der Waals surface area contributed by atoms with E-state index >= 15 is 0 Å². The third-order valence-corrected chi connectivity index (χ3v) is 6.48. The first-order valence-electron chi connectivity index (χ1n) is 10.5. The van der Waals surface area contributed by atoms with Crippen LogP contribution in [0.2, 0.25) is 0 Å². The molecule has 1 aromatic heterocycles. The highest BCUT2D eigenvalue weighted by Crippen LogP contribution is 2.40. The van der Waals surface area contributed by atoms with E-state index in [9.17, 15) is 9.59 Å². The molecule has 1 atom stereocenters. The Kier molecular flexibility index (Phi) is 5.62. The lowest BCUT2D eigenvalue weighted by Crippen LogP contribution is -2.55. The number of ether oxygens (including phenoxy) is 1. The molecule has 7 nitrogen and oxygen atoms in total. The van der Waals surface area contributed by atoms with Gasteiger partial charge in [0.15, 0.2) is 0 Å². The second-order valence-electron chi connectivity index (χ2n) is 8.65. The van der Waals surface area contributed by atoms with Crippen LogP contribution in [0.3, 0.4) is 0 Å². The predicted octanol–water partition coefficient (Wildman–Crippen LogP) is 1.94. The second kappa shape index (κ2) is 8.15. The van der Waals surface area contributed by atoms with E-state index in [4.69, 9.17) is 4.74 Å². The van der Waals surface area contributed by atoms with Crippen molar-refractivity contribution >= 4 is 11.8 Å². The minimum absolute atomic E-state index is 0.0190. The zero-order valence-corrected chi connectivity index (χ0v) is 16.7. The first-order valence-corrected chi connectivity index (χ1v) is 10.5. The van der Waals surface area contributed by atoms with E-state index < -0.39 is 0 Å². The summed E-state index contributed by atoms with van der Waals surface area (Å²) in [5.74, 6) is 0.573. The molecule has 3 aliphatic heterocycles. The highest BCUT2D eigenvalue weighted by Gasteiger charge is 2.43. The fraction of sp³-hybridized carbons (Fsp3) is 0.714. The Labute approximate surface area is 166 Å². The number of carbonyl (C=O) groups is 2. The molecular formula is C21H30N4O3. The lowest BCUT2D eigenvalue weighted by Gasteiger charge is -2.48. The number of aryl methyl sites for hydroxylation is 1. The lowest BCUT2D eigenvalue weighted by molar-refractivity contribution is -0.147. The van der Waals surface area contributed by atoms with Crippen molar-refractivity contribution < 1.29 is 14.3 Å². The van der Waals surface area contributed by atoms with Gasteiger partial charge in [-0.25, -0.2) is 0 Å². The molecule has 152 valence electrons. The van der Waals surface area contributed by atoms with Gasteiger partial charge >= 0.3 is 0 Å². The fourth-order valence-electron chi connectivity index (χ4n) is 4.87. The number of likely N-dealkylation sites (tertiary alicyclic amines) is 2. The number of amides is 2. The van der Waals surface area contributed by atoms with Gasteiger partial charge in [-0.2, -0.15) is 0 Å². The van der Waals surface area contributed by atoms with Crippen molar-refractivity contribution in [1.82, 2.24) is 19.8 Å². The van der Waals surface area contributed by atoms with Crippen molar-refractivity contribution in [3.63, 3.8) is 0 Å². The molecule has 3 aliphatic rings. The van der Waals surface area contributed by atoms with E-state index in [2.05, 4.69) is 14.9 Å². The van der Waals surface area contributed by atoms with Gasteiger partial charge in [0, 0.05) is 56.8 Å². The van der Waals surface area contributed by atoms with E-state index in [0.29, 0.717) is 32.7 Å². The molecule has 2 amide bonds. The Bertz CT molecular complexity index is 717. The van der Waals surface area contributed by atoms with Crippen LogP contribution in [0.25, 0.3) is 0 Å². The van der Waals surface area contributed by atoms with Crippen LogP contribution < -0.4 is 0 Å². The summed E-state index contributed by atoms with van der Waals surface area (Å²) in [6.07, 6.45) is 8.69. The fourth-order valence-corrected chi connectivity index (χ4v) is 4.87. The maximum Gasteiger partial charge on any atom is 0.225 e. The monoisotopic (exact) mass is 386 g/mol. The van der Waals surface area contributed by atoms with Crippen LogP contribution in [-0.2, 0) is 20.9 Å². The van der Waals surface area contributed by atoms with Gasteiger partial charge in [-0.3, -0.25) is 19.6 Å². The van der Waals surface area contributed by atoms with Crippen LogP contribution in [0.4, 0.5) is 0 Å². The summed E-state index contributed by atoms with van der Waals surface area (Å²) >= 11 is 0. The van der Waals surface area contributed by atoms with Gasteiger partial charge in [0.05, 0.1) is 24.1 Å². The number of rotatable bonds is 3. The average molecular weight is 386 g/mol. The van der Waals surface area contributed by atoms with Gasteiger partial charge in [0.1, 0.15) is 0 Å². The third kappa shape index (κ3) is 4.19. The Balaban J connectivity index is 1.43. The molecule has 0 N–H and O–H groups in total. The highest BCUT2D eigenvalue weighted by atomic mass is 16.5. The van der Waals surface area contributed by atoms with Crippen LogP contribution in [0.15, 0.2) is 12.4 Å². The molecule has 0 aromatic carbocycles. The number of hydrogen-bond acceptors (Lipinski definition) is 5. The summed E-state index contributed by atoms with van der Waals surface area (Å²) in [7, 11) is 0. The Hall–Kier alpha value is -2.02. The molecule has 0 saturated carbocycles. The number of aromatic nitrogens is 2. The highest BCUT2D eigenvalue weighted by molar-refractivity contribution is 5.79. The summed E-state index contributed by atoms with van der Waals surface area (Å²) in [6, 6.07) is 0. The normalized spacial score (nSPS) is 26.7. The molecule has 0 bridgehead atoms. The molecule has 7 heteroatoms. The maximum absolute atomic E-state index is 13.0. The summed E-state index contributed by atoms with van der Waals surface area (Å²) in [6.45, 7) is 6.11. The third-order valence-electron chi connectivity index (χ3n) is 6.48. The van der Waals surface area contributed by atoms with Crippen molar-refractivity contribution in [2.75, 3.05) is 32.8 Å². The van der Waals surface area contributed by atoms with Crippen LogP contribution >= 0.6 is 0 Å². The smallest absolute Gasteiger partial charge is 0.225 e. The quantitative estimate of drug-likeness (QED) is 0.794. The van der Waals surface area contributed by atoms with Crippen molar-refractivity contribution in [2.45, 2.75) is 52.0 Å². The minimum Gasteiger partial charge on any atom is -0.381 e. The van der Waals surface area contributed by atoms with Crippen LogP contribution in [0, 0.1) is 18.3 Å². The van der Waals surface area contributed by atoms with Crippen molar-refractivity contribution in [3.05, 3.63) is 23.8 Å². The minimum atomic E-state index is 0.0190. The zero-order valence-electron chi connectivity index (χ0n) is 16.7. The SMILES string of the molecule is Cc1cnc(CN2C[C@]3(CCCN(C(=O)C4CCOCC4)C3)CCC2=O)cn1. The van der Waals surface area contributed by atoms with Gasteiger partial charge < -0.3 is 14.5 Å². The van der Waals surface area contributed by atoms with Gasteiger partial charge in [-0.15, -0.1) is 0 Å². The molecule has 3 fully saturated rings. The molecule has 4 heterocycles. The van der Waals surface area contributed by atoms with Crippen molar-refractivity contribution in [1.29, 1.82) is 0 Å². The molecule has 1 spiro atoms. The predicted molar refractivity (Wildman–Crippen MR) is 103 cm³/mol. The summed E-state index contributed by atoms with van der Waals surface area (Å²) in [5.41, 5.74) is 1.71. The number of carbonyl (C=O) groups excluding carboxylic acids is 2. The molecular weight excluding hydrogens is 356 g/mol. The van der Waals surface area contributed by atoms with E-state index in [-0.39, 0.29) is 23.1 Å². The molecule has 0 radical (unpaired) electrons. The molecule has 1 aromatic rings. The average Bonchev–Trinajstić information content (AvgIpc) is 2.73. The summed E-state index contributed by atoms with van der Waals surface area (Å²) in [4.78, 5) is 38.3. The number of hydrogen-bond donors (Lipinski definition) is 0. The Morgan fingerprint density at radius 3 is 2.79 bits per heavy atom. The van der Waals surface area contributed by atoms with Crippen LogP contribution in [-0.4, -0.2) is 64.4 Å². The second-order valence-corrected chi connectivity index (χ2v) is 8.65. The summed E-state index contributed by atoms with van der Waals surface area (Å²) in [5, 5.41) is 0. The van der Waals surface area contributed by atoms with E-state index in [0.717, 1.165) is 56.6 Å². The first kappa shape index (κ1) is 19.3. The van der Waals surface area contributed by atoms with Crippen LogP contribution in [0.1, 0.15) is 49.9 Å². The summed E-state index contributed by atoms with van der Waals surface area (Å²) < 4.78 is 5.41. The van der Waals surface area contributed by atoms with Crippen LogP contribution in [0.5, 0.6) is 0 Å². The topological polar surface area (TPSA) is 75.6 Å². The van der Waals surface area contributed by atoms with Gasteiger partial charge in [0.2, 0.25) is 11.8 Å². The van der Waals surface area contributed by atoms with Gasteiger partial charge in [-0.1, -0.05) is 0 Å². The van der Waals surface area contributed by atoms with Gasteiger partial charge in [0.25, 0.3) is 0 Å². The zero-order chi connectivity index (χ0) is 19.6. The maximum atomic E-state index is 13.0. The van der Waals surface area contributed by atoms with Crippen molar-refractivity contribution in [2.24, 2.45) is 11.3 Å². The molecule has 0 unspecified atom stereocenters. The molecule has 0 aliphatic carbocycles. The number of piperidine rings is 2. The molecule has 28 heavy (non-hydrogen) atoms.